The third-order valence-electron chi connectivity index (χ3n) is 5.68. The Morgan fingerprint density at radius 3 is 2.42 bits per heavy atom. The largest absolute Gasteiger partial charge is 0.325 e. The van der Waals surface area contributed by atoms with Crippen molar-refractivity contribution in [3.63, 3.8) is 0 Å². The van der Waals surface area contributed by atoms with E-state index in [4.69, 9.17) is 0 Å². The predicted octanol–water partition coefficient (Wildman–Crippen LogP) is 4.20. The summed E-state index contributed by atoms with van der Waals surface area (Å²) in [7, 11) is 0. The molecule has 4 rings (SSSR count). The lowest BCUT2D eigenvalue weighted by Crippen LogP contribution is -2.42. The number of carbonyl (C=O) groups is 3. The number of anilines is 1. The monoisotopic (exact) mass is 415 g/mol. The Labute approximate surface area is 181 Å². The molecule has 1 fully saturated rings. The molecule has 31 heavy (non-hydrogen) atoms. The molecular formula is C25H25N3O3. The summed E-state index contributed by atoms with van der Waals surface area (Å²) < 4.78 is 0. The quantitative estimate of drug-likeness (QED) is 0.593. The van der Waals surface area contributed by atoms with E-state index in [1.54, 1.807) is 6.92 Å². The van der Waals surface area contributed by atoms with E-state index >= 15 is 0 Å². The maximum Gasteiger partial charge on any atom is 0.325 e. The van der Waals surface area contributed by atoms with Crippen LogP contribution >= 0.6 is 0 Å². The number of benzene rings is 3. The van der Waals surface area contributed by atoms with Crippen LogP contribution < -0.4 is 10.6 Å². The van der Waals surface area contributed by atoms with E-state index in [-0.39, 0.29) is 6.54 Å². The van der Waals surface area contributed by atoms with Crippen LogP contribution in [0.25, 0.3) is 10.8 Å². The van der Waals surface area contributed by atoms with Crippen LogP contribution in [0.15, 0.2) is 66.7 Å². The number of hydrogen-bond acceptors (Lipinski definition) is 3. The normalized spacial score (nSPS) is 18.3. The second-order valence-electron chi connectivity index (χ2n) is 8.00. The Balaban J connectivity index is 1.48. The zero-order chi connectivity index (χ0) is 22.0. The molecule has 0 radical (unpaired) electrons. The van der Waals surface area contributed by atoms with Crippen LogP contribution in [0.5, 0.6) is 0 Å². The minimum Gasteiger partial charge on any atom is -0.325 e. The van der Waals surface area contributed by atoms with Crippen molar-refractivity contribution in [3.8, 4) is 0 Å². The molecule has 0 aliphatic carbocycles. The second-order valence-corrected chi connectivity index (χ2v) is 8.00. The number of fused-ring (bicyclic) bond motifs is 1. The first kappa shape index (κ1) is 20.6. The molecule has 4 amide bonds. The number of nitrogens with zero attached hydrogens (tertiary/aromatic N) is 1. The van der Waals surface area contributed by atoms with Crippen LogP contribution in [-0.4, -0.2) is 29.3 Å². The molecule has 1 atom stereocenters. The minimum absolute atomic E-state index is 0.343. The molecule has 3 aromatic rings. The summed E-state index contributed by atoms with van der Waals surface area (Å²) in [5.74, 6) is -0.865. The summed E-state index contributed by atoms with van der Waals surface area (Å²) in [5, 5.41) is 7.54. The van der Waals surface area contributed by atoms with Crippen molar-refractivity contribution in [1.82, 2.24) is 10.2 Å². The van der Waals surface area contributed by atoms with Gasteiger partial charge in [-0.15, -0.1) is 0 Å². The van der Waals surface area contributed by atoms with Gasteiger partial charge in [0.05, 0.1) is 0 Å². The van der Waals surface area contributed by atoms with E-state index in [1.165, 1.54) is 5.56 Å². The Morgan fingerprint density at radius 2 is 1.71 bits per heavy atom. The Morgan fingerprint density at radius 1 is 1.00 bits per heavy atom. The molecule has 2 N–H and O–H groups in total. The Kier molecular flexibility index (Phi) is 5.46. The first-order chi connectivity index (χ1) is 14.9. The van der Waals surface area contributed by atoms with Crippen LogP contribution in [0, 0.1) is 0 Å². The van der Waals surface area contributed by atoms with Gasteiger partial charge < -0.3 is 10.6 Å². The van der Waals surface area contributed by atoms with Crippen molar-refractivity contribution in [2.24, 2.45) is 0 Å². The van der Waals surface area contributed by atoms with Gasteiger partial charge in [0.1, 0.15) is 12.1 Å². The first-order valence-electron chi connectivity index (χ1n) is 10.4. The minimum atomic E-state index is -1.22. The van der Waals surface area contributed by atoms with Crippen molar-refractivity contribution in [2.45, 2.75) is 32.2 Å². The van der Waals surface area contributed by atoms with E-state index in [1.807, 2.05) is 66.7 Å². The third kappa shape index (κ3) is 4.01. The fourth-order valence-corrected chi connectivity index (χ4v) is 3.92. The third-order valence-corrected chi connectivity index (χ3v) is 5.68. The van der Waals surface area contributed by atoms with E-state index in [2.05, 4.69) is 17.6 Å². The van der Waals surface area contributed by atoms with Gasteiger partial charge in [0, 0.05) is 5.69 Å². The van der Waals surface area contributed by atoms with Crippen molar-refractivity contribution in [2.75, 3.05) is 11.9 Å². The predicted molar refractivity (Wildman–Crippen MR) is 121 cm³/mol. The van der Waals surface area contributed by atoms with Crippen molar-refractivity contribution < 1.29 is 14.4 Å². The molecule has 0 aromatic heterocycles. The van der Waals surface area contributed by atoms with Gasteiger partial charge in [0.2, 0.25) is 5.91 Å². The van der Waals surface area contributed by atoms with Gasteiger partial charge in [0.25, 0.3) is 5.91 Å². The number of rotatable bonds is 6. The highest BCUT2D eigenvalue weighted by molar-refractivity contribution is 6.10. The molecule has 1 heterocycles. The molecule has 6 heteroatoms. The average Bonchev–Trinajstić information content (AvgIpc) is 2.99. The Hall–Kier alpha value is -3.67. The lowest BCUT2D eigenvalue weighted by Gasteiger charge is -2.22. The van der Waals surface area contributed by atoms with Gasteiger partial charge in [-0.05, 0) is 53.4 Å². The molecule has 0 spiro atoms. The molecule has 6 nitrogen and oxygen atoms in total. The highest BCUT2D eigenvalue weighted by Crippen LogP contribution is 2.31. The van der Waals surface area contributed by atoms with E-state index in [0.29, 0.717) is 11.3 Å². The Bertz CT molecular complexity index is 1160. The van der Waals surface area contributed by atoms with Crippen LogP contribution in [0.1, 0.15) is 31.4 Å². The zero-order valence-electron chi connectivity index (χ0n) is 17.6. The van der Waals surface area contributed by atoms with E-state index < -0.39 is 23.4 Å². The molecule has 1 aliphatic heterocycles. The number of aryl methyl sites for hydroxylation is 1. The van der Waals surface area contributed by atoms with Crippen LogP contribution in [-0.2, 0) is 21.5 Å². The van der Waals surface area contributed by atoms with Gasteiger partial charge >= 0.3 is 6.03 Å². The molecule has 0 bridgehead atoms. The molecular weight excluding hydrogens is 390 g/mol. The van der Waals surface area contributed by atoms with Crippen LogP contribution in [0.4, 0.5) is 10.5 Å². The van der Waals surface area contributed by atoms with Gasteiger partial charge in [-0.2, -0.15) is 0 Å². The van der Waals surface area contributed by atoms with Crippen LogP contribution in [0.2, 0.25) is 0 Å². The molecule has 0 unspecified atom stereocenters. The number of hydrogen-bond donors (Lipinski definition) is 2. The second kappa shape index (κ2) is 8.22. The number of nitrogens with one attached hydrogen (secondary N) is 2. The highest BCUT2D eigenvalue weighted by Gasteiger charge is 2.49. The maximum absolute atomic E-state index is 13.1. The SMILES string of the molecule is CCCc1ccc(NC(=O)CN2C(=O)N[C@@](C)(c3ccc4ccccc4c3)C2=O)cc1. The fraction of sp³-hybridized carbons (Fsp3) is 0.240. The molecule has 3 aromatic carbocycles. The van der Waals surface area contributed by atoms with Gasteiger partial charge in [-0.3, -0.25) is 14.5 Å². The van der Waals surface area contributed by atoms with Crippen molar-refractivity contribution >= 4 is 34.3 Å². The van der Waals surface area contributed by atoms with E-state index in [0.717, 1.165) is 28.5 Å². The summed E-state index contributed by atoms with van der Waals surface area (Å²) in [6, 6.07) is 20.5. The first-order valence-corrected chi connectivity index (χ1v) is 10.4. The van der Waals surface area contributed by atoms with E-state index in [9.17, 15) is 14.4 Å². The maximum atomic E-state index is 13.1. The summed E-state index contributed by atoms with van der Waals surface area (Å²) in [4.78, 5) is 39.2. The molecule has 158 valence electrons. The smallest absolute Gasteiger partial charge is 0.325 e. The summed E-state index contributed by atoms with van der Waals surface area (Å²) in [6.45, 7) is 3.44. The number of amides is 4. The molecule has 0 saturated carbocycles. The number of carbonyl (C=O) groups excluding carboxylic acids is 3. The van der Waals surface area contributed by atoms with Crippen molar-refractivity contribution in [1.29, 1.82) is 0 Å². The van der Waals surface area contributed by atoms with Crippen molar-refractivity contribution in [3.05, 3.63) is 77.9 Å². The lowest BCUT2D eigenvalue weighted by molar-refractivity contribution is -0.133. The molecule has 1 aliphatic rings. The van der Waals surface area contributed by atoms with Crippen LogP contribution in [0.3, 0.4) is 0 Å². The standard InChI is InChI=1S/C25H25N3O3/c1-3-6-17-9-13-21(14-10-17)26-22(29)16-28-23(30)25(2,27-24(28)31)20-12-11-18-7-4-5-8-19(18)15-20/h4-5,7-15H,3,6,16H2,1-2H3,(H,26,29)(H,27,31)/t25-/m0/s1. The fourth-order valence-electron chi connectivity index (χ4n) is 3.92. The van der Waals surface area contributed by atoms with Gasteiger partial charge in [0.15, 0.2) is 0 Å². The van der Waals surface area contributed by atoms with Gasteiger partial charge in [-0.1, -0.05) is 61.9 Å². The highest BCUT2D eigenvalue weighted by atomic mass is 16.2. The van der Waals surface area contributed by atoms with Gasteiger partial charge in [-0.25, -0.2) is 4.79 Å². The average molecular weight is 415 g/mol. The molecule has 1 saturated heterocycles. The number of imide groups is 1. The number of urea groups is 1. The summed E-state index contributed by atoms with van der Waals surface area (Å²) in [5.41, 5.74) is 1.29. The zero-order valence-corrected chi connectivity index (χ0v) is 17.6. The summed E-state index contributed by atoms with van der Waals surface area (Å²) >= 11 is 0. The lowest BCUT2D eigenvalue weighted by atomic mass is 9.90. The summed E-state index contributed by atoms with van der Waals surface area (Å²) in [6.07, 6.45) is 2.03. The topological polar surface area (TPSA) is 78.5 Å².